The largest absolute Gasteiger partial charge is 0.362 e. The molecule has 0 saturated heterocycles. The van der Waals surface area contributed by atoms with Crippen molar-refractivity contribution in [1.29, 1.82) is 0 Å². The first kappa shape index (κ1) is 8.27. The molecule has 0 radical (unpaired) electrons. The highest BCUT2D eigenvalue weighted by Crippen LogP contribution is 2.26. The smallest absolute Gasteiger partial charge is 0.162 e. The van der Waals surface area contributed by atoms with E-state index in [2.05, 4.69) is 4.98 Å². The van der Waals surface area contributed by atoms with Crippen molar-refractivity contribution < 1.29 is 4.39 Å². The average Bonchev–Trinajstić information content (AvgIpc) is 2.37. The highest BCUT2D eigenvalue weighted by atomic mass is 19.1. The lowest BCUT2D eigenvalue weighted by Crippen LogP contribution is -2.37. The molecule has 2 atom stereocenters. The lowest BCUT2D eigenvalue weighted by molar-refractivity contribution is 0.152. The van der Waals surface area contributed by atoms with E-state index in [0.717, 1.165) is 0 Å². The van der Waals surface area contributed by atoms with Crippen molar-refractivity contribution >= 4 is 0 Å². The van der Waals surface area contributed by atoms with Crippen LogP contribution in [0, 0.1) is 0 Å². The Kier molecular flexibility index (Phi) is 2.00. The Morgan fingerprint density at radius 3 is 2.73 bits per heavy atom. The molecule has 0 aromatic carbocycles. The molecule has 0 saturated carbocycles. The van der Waals surface area contributed by atoms with Crippen molar-refractivity contribution in [2.24, 2.45) is 5.73 Å². The summed E-state index contributed by atoms with van der Waals surface area (Å²) in [5.74, 6) is 0. The predicted molar refractivity (Wildman–Crippen MR) is 42.9 cm³/mol. The average molecular weight is 156 g/mol. The number of alkyl halides is 1. The highest BCUT2D eigenvalue weighted by Gasteiger charge is 2.31. The van der Waals surface area contributed by atoms with E-state index in [1.165, 1.54) is 6.92 Å². The van der Waals surface area contributed by atoms with Crippen LogP contribution in [-0.2, 0) is 5.67 Å². The Labute approximate surface area is 65.6 Å². The molecule has 0 aliphatic carbocycles. The Morgan fingerprint density at radius 2 is 2.36 bits per heavy atom. The summed E-state index contributed by atoms with van der Waals surface area (Å²) in [5.41, 5.74) is 4.55. The molecule has 2 nitrogen and oxygen atoms in total. The number of nitrogens with two attached hydrogens (primary N) is 1. The van der Waals surface area contributed by atoms with Crippen molar-refractivity contribution in [2.75, 3.05) is 0 Å². The first-order valence-corrected chi connectivity index (χ1v) is 3.63. The molecule has 0 spiro atoms. The van der Waals surface area contributed by atoms with Gasteiger partial charge >= 0.3 is 0 Å². The summed E-state index contributed by atoms with van der Waals surface area (Å²) in [6, 6.07) is 2.96. The lowest BCUT2D eigenvalue weighted by Gasteiger charge is -2.22. The molecule has 1 heterocycles. The molecular weight excluding hydrogens is 143 g/mol. The van der Waals surface area contributed by atoms with Crippen LogP contribution in [0.1, 0.15) is 19.5 Å². The third kappa shape index (κ3) is 1.43. The number of halogens is 1. The van der Waals surface area contributed by atoms with Gasteiger partial charge in [-0.15, -0.1) is 0 Å². The summed E-state index contributed by atoms with van der Waals surface area (Å²) in [6.45, 7) is 3.13. The zero-order chi connectivity index (χ0) is 8.48. The quantitative estimate of drug-likeness (QED) is 0.670. The van der Waals surface area contributed by atoms with Gasteiger partial charge in [-0.2, -0.15) is 0 Å². The molecule has 3 heteroatoms. The predicted octanol–water partition coefficient (Wildman–Crippen LogP) is 1.55. The van der Waals surface area contributed by atoms with Crippen LogP contribution in [0.2, 0.25) is 0 Å². The van der Waals surface area contributed by atoms with Crippen LogP contribution in [0.25, 0.3) is 0 Å². The summed E-state index contributed by atoms with van der Waals surface area (Å²) in [4.78, 5) is 2.80. The Bertz CT molecular complexity index is 214. The Hall–Kier alpha value is -0.830. The number of aromatic amines is 1. The van der Waals surface area contributed by atoms with Crippen LogP contribution in [0.3, 0.4) is 0 Å². The van der Waals surface area contributed by atoms with Crippen LogP contribution in [-0.4, -0.2) is 11.0 Å². The molecule has 3 N–H and O–H groups in total. The minimum Gasteiger partial charge on any atom is -0.362 e. The van der Waals surface area contributed by atoms with Crippen LogP contribution in [0.4, 0.5) is 4.39 Å². The molecule has 62 valence electrons. The topological polar surface area (TPSA) is 41.8 Å². The molecule has 1 aromatic heterocycles. The number of H-pyrrole nitrogens is 1. The molecular formula is C8H13FN2. The van der Waals surface area contributed by atoms with Gasteiger partial charge in [0.25, 0.3) is 0 Å². The molecule has 0 aliphatic heterocycles. The summed E-state index contributed by atoms with van der Waals surface area (Å²) in [6.07, 6.45) is 1.69. The number of hydrogen-bond acceptors (Lipinski definition) is 1. The van der Waals surface area contributed by atoms with Gasteiger partial charge in [-0.05, 0) is 26.0 Å². The van der Waals surface area contributed by atoms with Gasteiger partial charge < -0.3 is 10.7 Å². The molecule has 0 bridgehead atoms. The first-order valence-electron chi connectivity index (χ1n) is 3.63. The fourth-order valence-corrected chi connectivity index (χ4v) is 0.880. The fraction of sp³-hybridized carbons (Fsp3) is 0.500. The van der Waals surface area contributed by atoms with Gasteiger partial charge in [0.2, 0.25) is 0 Å². The standard InChI is InChI=1S/C8H13FN2/c1-6(10)8(2,9)7-4-3-5-11-7/h3-6,11H,10H2,1-2H3. The van der Waals surface area contributed by atoms with Gasteiger partial charge in [-0.3, -0.25) is 0 Å². The Morgan fingerprint density at radius 1 is 1.73 bits per heavy atom. The maximum Gasteiger partial charge on any atom is 0.162 e. The van der Waals surface area contributed by atoms with E-state index in [-0.39, 0.29) is 0 Å². The van der Waals surface area contributed by atoms with Crippen LogP contribution in [0.15, 0.2) is 18.3 Å². The van der Waals surface area contributed by atoms with Crippen molar-refractivity contribution in [3.05, 3.63) is 24.0 Å². The van der Waals surface area contributed by atoms with Crippen molar-refractivity contribution in [3.63, 3.8) is 0 Å². The molecule has 2 unspecified atom stereocenters. The minimum absolute atomic E-state index is 0.499. The highest BCUT2D eigenvalue weighted by molar-refractivity contribution is 5.14. The fourth-order valence-electron chi connectivity index (χ4n) is 0.880. The second-order valence-electron chi connectivity index (χ2n) is 2.95. The summed E-state index contributed by atoms with van der Waals surface area (Å²) in [7, 11) is 0. The molecule has 0 amide bonds. The molecule has 0 aliphatic rings. The van der Waals surface area contributed by atoms with Crippen molar-refractivity contribution in [3.8, 4) is 0 Å². The van der Waals surface area contributed by atoms with E-state index in [1.807, 2.05) is 0 Å². The lowest BCUT2D eigenvalue weighted by atomic mass is 9.97. The SMILES string of the molecule is CC(N)C(C)(F)c1ccc[nH]1. The van der Waals surface area contributed by atoms with Gasteiger partial charge in [0.05, 0.1) is 5.69 Å². The zero-order valence-electron chi connectivity index (χ0n) is 6.76. The minimum atomic E-state index is -1.45. The van der Waals surface area contributed by atoms with Gasteiger partial charge in [-0.1, -0.05) is 0 Å². The number of aromatic nitrogens is 1. The van der Waals surface area contributed by atoms with E-state index in [4.69, 9.17) is 5.73 Å². The normalized spacial score (nSPS) is 19.3. The Balaban J connectivity index is 2.90. The molecule has 1 aromatic rings. The summed E-state index contributed by atoms with van der Waals surface area (Å²) < 4.78 is 13.6. The van der Waals surface area contributed by atoms with Gasteiger partial charge in [0, 0.05) is 12.2 Å². The third-order valence-electron chi connectivity index (χ3n) is 1.98. The monoisotopic (exact) mass is 156 g/mol. The maximum absolute atomic E-state index is 13.6. The molecule has 0 fully saturated rings. The van der Waals surface area contributed by atoms with E-state index < -0.39 is 11.7 Å². The second-order valence-corrected chi connectivity index (χ2v) is 2.95. The van der Waals surface area contributed by atoms with Gasteiger partial charge in [0.15, 0.2) is 5.67 Å². The maximum atomic E-state index is 13.6. The van der Waals surface area contributed by atoms with Gasteiger partial charge in [0.1, 0.15) is 0 Å². The van der Waals surface area contributed by atoms with Crippen LogP contribution >= 0.6 is 0 Å². The van der Waals surface area contributed by atoms with E-state index >= 15 is 0 Å². The number of hydrogen-bond donors (Lipinski definition) is 2. The number of nitrogens with one attached hydrogen (secondary N) is 1. The van der Waals surface area contributed by atoms with Crippen molar-refractivity contribution in [2.45, 2.75) is 25.6 Å². The van der Waals surface area contributed by atoms with Crippen molar-refractivity contribution in [1.82, 2.24) is 4.98 Å². The third-order valence-corrected chi connectivity index (χ3v) is 1.98. The first-order chi connectivity index (χ1) is 5.05. The molecule has 11 heavy (non-hydrogen) atoms. The second kappa shape index (κ2) is 2.66. The molecule has 1 rings (SSSR count). The zero-order valence-corrected chi connectivity index (χ0v) is 6.76. The van der Waals surface area contributed by atoms with E-state index in [0.29, 0.717) is 5.69 Å². The number of rotatable bonds is 2. The summed E-state index contributed by atoms with van der Waals surface area (Å²) >= 11 is 0. The summed E-state index contributed by atoms with van der Waals surface area (Å²) in [5, 5.41) is 0. The van der Waals surface area contributed by atoms with Crippen LogP contribution in [0.5, 0.6) is 0 Å². The van der Waals surface area contributed by atoms with Gasteiger partial charge in [-0.25, -0.2) is 4.39 Å². The van der Waals surface area contributed by atoms with E-state index in [1.54, 1.807) is 25.3 Å². The van der Waals surface area contributed by atoms with Crippen LogP contribution < -0.4 is 5.73 Å². The van der Waals surface area contributed by atoms with E-state index in [9.17, 15) is 4.39 Å².